The van der Waals surface area contributed by atoms with Crippen molar-refractivity contribution < 1.29 is 0 Å². The van der Waals surface area contributed by atoms with E-state index in [2.05, 4.69) is 41.4 Å². The van der Waals surface area contributed by atoms with Crippen molar-refractivity contribution in [3.63, 3.8) is 0 Å². The van der Waals surface area contributed by atoms with Crippen molar-refractivity contribution in [3.8, 4) is 0 Å². The highest BCUT2D eigenvalue weighted by Gasteiger charge is 2.33. The lowest BCUT2D eigenvalue weighted by molar-refractivity contribution is 0.275. The highest BCUT2D eigenvalue weighted by Crippen LogP contribution is 2.40. The van der Waals surface area contributed by atoms with Gasteiger partial charge in [-0.1, -0.05) is 13.8 Å². The van der Waals surface area contributed by atoms with E-state index >= 15 is 0 Å². The van der Waals surface area contributed by atoms with E-state index in [1.54, 1.807) is 0 Å². The molecule has 2 N–H and O–H groups in total. The smallest absolute Gasteiger partial charge is 0.0784 e. The monoisotopic (exact) mass is 284 g/mol. The second kappa shape index (κ2) is 4.95. The van der Waals surface area contributed by atoms with Gasteiger partial charge >= 0.3 is 0 Å². The largest absolute Gasteiger partial charge is 0.343 e. The van der Waals surface area contributed by atoms with Crippen LogP contribution in [-0.4, -0.2) is 14.5 Å². The maximum Gasteiger partial charge on any atom is 0.0784 e. The summed E-state index contributed by atoms with van der Waals surface area (Å²) in [4.78, 5) is 8.83. The first-order valence-corrected chi connectivity index (χ1v) is 7.58. The molecule has 1 atom stereocenters. The van der Waals surface area contributed by atoms with Crippen molar-refractivity contribution in [2.45, 2.75) is 53.1 Å². The summed E-state index contributed by atoms with van der Waals surface area (Å²) in [5.74, 6) is 0. The summed E-state index contributed by atoms with van der Waals surface area (Å²) in [6.45, 7) is 9.49. The molecule has 0 aromatic carbocycles. The molecule has 1 aliphatic rings. The summed E-state index contributed by atoms with van der Waals surface area (Å²) >= 11 is 0. The van der Waals surface area contributed by atoms with Crippen molar-refractivity contribution in [1.82, 2.24) is 14.5 Å². The molecule has 2 aromatic rings. The van der Waals surface area contributed by atoms with Crippen molar-refractivity contribution in [2.24, 2.45) is 11.1 Å². The minimum Gasteiger partial charge on any atom is -0.343 e. The fourth-order valence-corrected chi connectivity index (χ4v) is 3.39. The van der Waals surface area contributed by atoms with Crippen LogP contribution in [0.5, 0.6) is 0 Å². The van der Waals surface area contributed by atoms with Gasteiger partial charge in [-0.05, 0) is 43.7 Å². The number of aromatic nitrogens is 3. The van der Waals surface area contributed by atoms with Crippen molar-refractivity contribution in [2.75, 3.05) is 0 Å². The van der Waals surface area contributed by atoms with Gasteiger partial charge in [-0.15, -0.1) is 0 Å². The van der Waals surface area contributed by atoms with E-state index in [-0.39, 0.29) is 11.5 Å². The third-order valence-corrected chi connectivity index (χ3v) is 4.42. The van der Waals surface area contributed by atoms with Crippen LogP contribution in [0.25, 0.3) is 0 Å². The van der Waals surface area contributed by atoms with E-state index in [9.17, 15) is 0 Å². The van der Waals surface area contributed by atoms with Crippen LogP contribution < -0.4 is 5.73 Å². The molecule has 4 nitrogen and oxygen atoms in total. The Morgan fingerprint density at radius 2 is 2.05 bits per heavy atom. The van der Waals surface area contributed by atoms with E-state index < -0.39 is 0 Å². The Labute approximate surface area is 126 Å². The molecule has 0 saturated heterocycles. The van der Waals surface area contributed by atoms with Crippen molar-refractivity contribution in [1.29, 1.82) is 0 Å². The molecule has 21 heavy (non-hydrogen) atoms. The normalized spacial score (nSPS) is 20.3. The molecule has 0 saturated carbocycles. The summed E-state index contributed by atoms with van der Waals surface area (Å²) in [5, 5.41) is 0. The van der Waals surface area contributed by atoms with Gasteiger partial charge in [0.1, 0.15) is 0 Å². The molecule has 4 heteroatoms. The van der Waals surface area contributed by atoms with Crippen LogP contribution in [0.15, 0.2) is 18.5 Å². The number of rotatable bonds is 2. The Hall–Kier alpha value is -1.68. The van der Waals surface area contributed by atoms with Gasteiger partial charge in [0.2, 0.25) is 0 Å². The summed E-state index contributed by atoms with van der Waals surface area (Å²) < 4.78 is 2.36. The fraction of sp³-hybridized carbons (Fsp3) is 0.529. The minimum atomic E-state index is 0.146. The fourth-order valence-electron chi connectivity index (χ4n) is 3.39. The molecule has 1 aliphatic carbocycles. The third kappa shape index (κ3) is 2.72. The second-order valence-electron chi connectivity index (χ2n) is 7.07. The molecule has 112 valence electrons. The van der Waals surface area contributed by atoms with Gasteiger partial charge in [0.05, 0.1) is 24.1 Å². The number of nitrogens with two attached hydrogens (primary N) is 1. The average Bonchev–Trinajstić information content (AvgIpc) is 2.69. The summed E-state index contributed by atoms with van der Waals surface area (Å²) in [6.07, 6.45) is 5.82. The molecule has 2 heterocycles. The number of hydrogen-bond donors (Lipinski definition) is 1. The van der Waals surface area contributed by atoms with E-state index in [1.807, 2.05) is 19.3 Å². The van der Waals surface area contributed by atoms with Crippen molar-refractivity contribution in [3.05, 3.63) is 46.8 Å². The Kier molecular flexibility index (Phi) is 3.36. The van der Waals surface area contributed by atoms with E-state index in [0.717, 1.165) is 30.8 Å². The standard InChI is InChI=1S/C17H24N4/c1-11-8-20-13(9-19-11)10-21-12(2)5-14-15(18)6-17(3,4)7-16(14)21/h5,8-9,15H,6-7,10,18H2,1-4H3. The van der Waals surface area contributed by atoms with Gasteiger partial charge < -0.3 is 10.3 Å². The Bertz CT molecular complexity index is 652. The molecule has 0 bridgehead atoms. The molecule has 2 aromatic heterocycles. The molecular weight excluding hydrogens is 260 g/mol. The third-order valence-electron chi connectivity index (χ3n) is 4.42. The zero-order chi connectivity index (χ0) is 15.2. The Morgan fingerprint density at radius 3 is 2.71 bits per heavy atom. The summed E-state index contributed by atoms with van der Waals surface area (Å²) in [7, 11) is 0. The van der Waals surface area contributed by atoms with Gasteiger partial charge in [0, 0.05) is 23.6 Å². The molecule has 0 radical (unpaired) electrons. The highest BCUT2D eigenvalue weighted by atomic mass is 15.0. The van der Waals surface area contributed by atoms with Gasteiger partial charge in [0.25, 0.3) is 0 Å². The van der Waals surface area contributed by atoms with Crippen LogP contribution in [0, 0.1) is 19.3 Å². The maximum atomic E-state index is 6.38. The zero-order valence-corrected chi connectivity index (χ0v) is 13.3. The number of fused-ring (bicyclic) bond motifs is 1. The van der Waals surface area contributed by atoms with E-state index in [1.165, 1.54) is 17.0 Å². The SMILES string of the molecule is Cc1cnc(Cn2c(C)cc3c2CC(C)(C)CC3N)cn1. The summed E-state index contributed by atoms with van der Waals surface area (Å²) in [6, 6.07) is 2.39. The van der Waals surface area contributed by atoms with Gasteiger partial charge in [0.15, 0.2) is 0 Å². The number of nitrogens with zero attached hydrogens (tertiary/aromatic N) is 3. The average molecular weight is 284 g/mol. The Balaban J connectivity index is 1.98. The number of aryl methyl sites for hydroxylation is 2. The van der Waals surface area contributed by atoms with Crippen LogP contribution in [0.2, 0.25) is 0 Å². The van der Waals surface area contributed by atoms with E-state index in [4.69, 9.17) is 5.73 Å². The van der Waals surface area contributed by atoms with Gasteiger partial charge in [-0.2, -0.15) is 0 Å². The van der Waals surface area contributed by atoms with E-state index in [0.29, 0.717) is 0 Å². The predicted octanol–water partition coefficient (Wildman–Crippen LogP) is 2.92. The van der Waals surface area contributed by atoms with Gasteiger partial charge in [-0.25, -0.2) is 0 Å². The topological polar surface area (TPSA) is 56.7 Å². The minimum absolute atomic E-state index is 0.146. The first-order valence-electron chi connectivity index (χ1n) is 7.58. The Morgan fingerprint density at radius 1 is 1.29 bits per heavy atom. The molecular formula is C17H24N4. The molecule has 0 fully saturated rings. The van der Waals surface area contributed by atoms with Crippen LogP contribution in [-0.2, 0) is 13.0 Å². The lowest BCUT2D eigenvalue weighted by Gasteiger charge is -2.34. The highest BCUT2D eigenvalue weighted by molar-refractivity contribution is 5.34. The summed E-state index contributed by atoms with van der Waals surface area (Å²) in [5.41, 5.74) is 12.5. The lowest BCUT2D eigenvalue weighted by atomic mass is 9.74. The van der Waals surface area contributed by atoms with Crippen LogP contribution >= 0.6 is 0 Å². The van der Waals surface area contributed by atoms with Crippen LogP contribution in [0.1, 0.15) is 54.6 Å². The van der Waals surface area contributed by atoms with Gasteiger partial charge in [-0.3, -0.25) is 9.97 Å². The first-order chi connectivity index (χ1) is 9.85. The zero-order valence-electron chi connectivity index (χ0n) is 13.3. The number of hydrogen-bond acceptors (Lipinski definition) is 3. The molecule has 3 rings (SSSR count). The van der Waals surface area contributed by atoms with Crippen LogP contribution in [0.3, 0.4) is 0 Å². The molecule has 0 amide bonds. The molecule has 0 aliphatic heterocycles. The van der Waals surface area contributed by atoms with Crippen LogP contribution in [0.4, 0.5) is 0 Å². The molecule has 0 spiro atoms. The second-order valence-corrected chi connectivity index (χ2v) is 7.07. The quantitative estimate of drug-likeness (QED) is 0.922. The maximum absolute atomic E-state index is 6.38. The predicted molar refractivity (Wildman–Crippen MR) is 84.1 cm³/mol. The first kappa shape index (κ1) is 14.3. The van der Waals surface area contributed by atoms with Crippen molar-refractivity contribution >= 4 is 0 Å². The molecule has 1 unspecified atom stereocenters. The lowest BCUT2D eigenvalue weighted by Crippen LogP contribution is -2.30.